The molecule has 1 saturated heterocycles. The third-order valence-corrected chi connectivity index (χ3v) is 7.51. The van der Waals surface area contributed by atoms with Gasteiger partial charge in [0.1, 0.15) is 6.04 Å². The minimum absolute atomic E-state index is 0.0779. The Morgan fingerprint density at radius 3 is 2.66 bits per heavy atom. The number of carbonyl (C=O) groups is 2. The molecule has 2 aromatic rings. The van der Waals surface area contributed by atoms with Gasteiger partial charge in [-0.15, -0.1) is 0 Å². The predicted molar refractivity (Wildman–Crippen MR) is 109 cm³/mol. The Hall–Kier alpha value is -2.42. The summed E-state index contributed by atoms with van der Waals surface area (Å²) in [4.78, 5) is 26.1. The Kier molecular flexibility index (Phi) is 5.10. The van der Waals surface area contributed by atoms with E-state index >= 15 is 0 Å². The quantitative estimate of drug-likeness (QED) is 0.803. The molecule has 4 rings (SSSR count). The molecule has 0 bridgehead atoms. The summed E-state index contributed by atoms with van der Waals surface area (Å²) in [5.41, 5.74) is 1.98. The fourth-order valence-electron chi connectivity index (χ4n) is 3.90. The summed E-state index contributed by atoms with van der Waals surface area (Å²) in [5.74, 6) is -0.484. The van der Waals surface area contributed by atoms with Crippen molar-refractivity contribution in [1.82, 2.24) is 9.62 Å². The number of amides is 2. The third-order valence-electron chi connectivity index (χ3n) is 5.30. The minimum atomic E-state index is -3.96. The lowest BCUT2D eigenvalue weighted by Gasteiger charge is -2.34. The summed E-state index contributed by atoms with van der Waals surface area (Å²) in [5, 5.41) is 3.06. The van der Waals surface area contributed by atoms with Gasteiger partial charge in [-0.2, -0.15) is 4.31 Å². The molecule has 2 aliphatic heterocycles. The molecule has 7 nitrogen and oxygen atoms in total. The van der Waals surface area contributed by atoms with E-state index in [0.717, 1.165) is 11.3 Å². The summed E-state index contributed by atoms with van der Waals surface area (Å²) in [6, 6.07) is 10.5. The SMILES string of the molecule is CC(=O)N1CCc2cc(S(=O)(=O)N3CCNC(=O)C3c3ccccc3Cl)ccc21. The lowest BCUT2D eigenvalue weighted by atomic mass is 10.0. The first-order chi connectivity index (χ1) is 13.8. The molecule has 1 N–H and O–H groups in total. The largest absolute Gasteiger partial charge is 0.353 e. The maximum atomic E-state index is 13.5. The number of benzene rings is 2. The number of fused-ring (bicyclic) bond motifs is 1. The van der Waals surface area contributed by atoms with Gasteiger partial charge in [0, 0.05) is 37.3 Å². The third kappa shape index (κ3) is 3.41. The average molecular weight is 434 g/mol. The van der Waals surface area contributed by atoms with E-state index in [4.69, 9.17) is 11.6 Å². The number of hydrogen-bond acceptors (Lipinski definition) is 4. The zero-order valence-electron chi connectivity index (χ0n) is 15.8. The van der Waals surface area contributed by atoms with Crippen molar-refractivity contribution in [2.45, 2.75) is 24.3 Å². The summed E-state index contributed by atoms with van der Waals surface area (Å²) in [6.07, 6.45) is 0.590. The van der Waals surface area contributed by atoms with Crippen LogP contribution in [0.25, 0.3) is 0 Å². The molecule has 2 heterocycles. The van der Waals surface area contributed by atoms with Crippen LogP contribution in [0.2, 0.25) is 5.02 Å². The van der Waals surface area contributed by atoms with Crippen LogP contribution in [0.4, 0.5) is 5.69 Å². The van der Waals surface area contributed by atoms with Crippen molar-refractivity contribution < 1.29 is 18.0 Å². The van der Waals surface area contributed by atoms with Gasteiger partial charge in [-0.3, -0.25) is 9.59 Å². The summed E-state index contributed by atoms with van der Waals surface area (Å²) >= 11 is 6.27. The first kappa shape index (κ1) is 19.9. The van der Waals surface area contributed by atoms with E-state index in [1.165, 1.54) is 17.3 Å². The highest BCUT2D eigenvalue weighted by Gasteiger charge is 2.40. The van der Waals surface area contributed by atoms with Crippen LogP contribution < -0.4 is 10.2 Å². The number of carbonyl (C=O) groups excluding carboxylic acids is 2. The average Bonchev–Trinajstić information content (AvgIpc) is 3.12. The summed E-state index contributed by atoms with van der Waals surface area (Å²) < 4.78 is 28.1. The minimum Gasteiger partial charge on any atom is -0.353 e. The van der Waals surface area contributed by atoms with Crippen LogP contribution in [0.3, 0.4) is 0 Å². The maximum Gasteiger partial charge on any atom is 0.244 e. The van der Waals surface area contributed by atoms with Gasteiger partial charge >= 0.3 is 0 Å². The molecule has 2 aliphatic rings. The van der Waals surface area contributed by atoms with Gasteiger partial charge in [0.2, 0.25) is 21.8 Å². The van der Waals surface area contributed by atoms with Crippen LogP contribution in [-0.4, -0.2) is 44.2 Å². The molecular formula is C20H20ClN3O4S. The van der Waals surface area contributed by atoms with Gasteiger partial charge in [0.05, 0.1) is 4.90 Å². The van der Waals surface area contributed by atoms with E-state index in [1.54, 1.807) is 41.3 Å². The van der Waals surface area contributed by atoms with Gasteiger partial charge in [0.15, 0.2) is 0 Å². The number of sulfonamides is 1. The van der Waals surface area contributed by atoms with Gasteiger partial charge < -0.3 is 10.2 Å². The Morgan fingerprint density at radius 2 is 1.93 bits per heavy atom. The Bertz CT molecular complexity index is 1100. The normalized spacial score (nSPS) is 19.7. The van der Waals surface area contributed by atoms with Crippen LogP contribution in [0.5, 0.6) is 0 Å². The second-order valence-electron chi connectivity index (χ2n) is 7.04. The van der Waals surface area contributed by atoms with Crippen LogP contribution >= 0.6 is 11.6 Å². The molecule has 0 aromatic heterocycles. The van der Waals surface area contributed by atoms with E-state index in [2.05, 4.69) is 5.32 Å². The van der Waals surface area contributed by atoms with Gasteiger partial charge in [-0.1, -0.05) is 29.8 Å². The zero-order valence-corrected chi connectivity index (χ0v) is 17.3. The van der Waals surface area contributed by atoms with Crippen LogP contribution in [-0.2, 0) is 26.0 Å². The zero-order chi connectivity index (χ0) is 20.8. The molecule has 152 valence electrons. The molecule has 2 amide bonds. The molecule has 0 saturated carbocycles. The first-order valence-corrected chi connectivity index (χ1v) is 11.1. The summed E-state index contributed by atoms with van der Waals surface area (Å²) in [7, 11) is -3.96. The van der Waals surface area contributed by atoms with Crippen molar-refractivity contribution >= 4 is 39.1 Å². The number of nitrogens with one attached hydrogen (secondary N) is 1. The molecule has 2 aromatic carbocycles. The van der Waals surface area contributed by atoms with E-state index in [9.17, 15) is 18.0 Å². The van der Waals surface area contributed by atoms with E-state index < -0.39 is 22.0 Å². The smallest absolute Gasteiger partial charge is 0.244 e. The van der Waals surface area contributed by atoms with Crippen molar-refractivity contribution in [3.63, 3.8) is 0 Å². The van der Waals surface area contributed by atoms with Crippen molar-refractivity contribution in [3.05, 3.63) is 58.6 Å². The lowest BCUT2D eigenvalue weighted by molar-refractivity contribution is -0.127. The highest BCUT2D eigenvalue weighted by Crippen LogP contribution is 2.36. The number of halogens is 1. The standard InChI is InChI=1S/C20H20ClN3O4S/c1-13(25)23-10-8-14-12-15(6-7-18(14)23)29(27,28)24-11-9-22-20(26)19(24)16-4-2-3-5-17(16)21/h2-7,12,19H,8-11H2,1H3,(H,22,26). The highest BCUT2D eigenvalue weighted by molar-refractivity contribution is 7.89. The van der Waals surface area contributed by atoms with Crippen molar-refractivity contribution in [1.29, 1.82) is 0 Å². The number of rotatable bonds is 3. The van der Waals surface area contributed by atoms with E-state index in [-0.39, 0.29) is 23.9 Å². The highest BCUT2D eigenvalue weighted by atomic mass is 35.5. The van der Waals surface area contributed by atoms with E-state index in [0.29, 0.717) is 23.6 Å². The number of anilines is 1. The molecule has 0 aliphatic carbocycles. The first-order valence-electron chi connectivity index (χ1n) is 9.25. The van der Waals surface area contributed by atoms with Gasteiger partial charge in [-0.25, -0.2) is 8.42 Å². The molecule has 0 radical (unpaired) electrons. The van der Waals surface area contributed by atoms with Crippen molar-refractivity contribution in [3.8, 4) is 0 Å². The Balaban J connectivity index is 1.75. The summed E-state index contributed by atoms with van der Waals surface area (Å²) in [6.45, 7) is 2.38. The van der Waals surface area contributed by atoms with Crippen LogP contribution in [0.1, 0.15) is 24.1 Å². The fourth-order valence-corrected chi connectivity index (χ4v) is 5.76. The number of piperazine rings is 1. The fraction of sp³-hybridized carbons (Fsp3) is 0.300. The van der Waals surface area contributed by atoms with Crippen LogP contribution in [0, 0.1) is 0 Å². The van der Waals surface area contributed by atoms with Crippen molar-refractivity contribution in [2.24, 2.45) is 0 Å². The second-order valence-corrected chi connectivity index (χ2v) is 9.34. The number of hydrogen-bond donors (Lipinski definition) is 1. The molecule has 0 spiro atoms. The topological polar surface area (TPSA) is 86.8 Å². The van der Waals surface area contributed by atoms with Gasteiger partial charge in [-0.05, 0) is 41.8 Å². The van der Waals surface area contributed by atoms with Gasteiger partial charge in [0.25, 0.3) is 0 Å². The predicted octanol–water partition coefficient (Wildman–Crippen LogP) is 2.11. The second kappa shape index (κ2) is 7.44. The van der Waals surface area contributed by atoms with Crippen LogP contribution in [0.15, 0.2) is 47.4 Å². The Labute approximate surface area is 174 Å². The van der Waals surface area contributed by atoms with Crippen molar-refractivity contribution in [2.75, 3.05) is 24.5 Å². The molecule has 1 fully saturated rings. The molecule has 29 heavy (non-hydrogen) atoms. The molecular weight excluding hydrogens is 414 g/mol. The molecule has 1 unspecified atom stereocenters. The Morgan fingerprint density at radius 1 is 1.17 bits per heavy atom. The number of nitrogens with zero attached hydrogens (tertiary/aromatic N) is 2. The lowest BCUT2D eigenvalue weighted by Crippen LogP contribution is -2.52. The molecule has 1 atom stereocenters. The monoisotopic (exact) mass is 433 g/mol. The van der Waals surface area contributed by atoms with E-state index in [1.807, 2.05) is 0 Å². The molecule has 9 heteroatoms. The maximum absolute atomic E-state index is 13.5.